The molecule has 0 heterocycles. The number of nitrogens with one attached hydrogen (secondary N) is 1. The Balaban J connectivity index is 2.13. The lowest BCUT2D eigenvalue weighted by Gasteiger charge is -2.21. The molecule has 8 heteroatoms. The Morgan fingerprint density at radius 2 is 1.59 bits per heavy atom. The number of nitrogens with zero attached hydrogens (tertiary/aromatic N) is 1. The molecule has 146 valence electrons. The van der Waals surface area contributed by atoms with E-state index < -0.39 is 10.0 Å². The number of hydrogen-bond acceptors (Lipinski definition) is 6. The summed E-state index contributed by atoms with van der Waals surface area (Å²) >= 11 is 0. The van der Waals surface area contributed by atoms with Crippen molar-refractivity contribution in [3.05, 3.63) is 48.0 Å². The van der Waals surface area contributed by atoms with E-state index in [1.54, 1.807) is 30.3 Å². The van der Waals surface area contributed by atoms with Gasteiger partial charge in [0.25, 0.3) is 10.0 Å². The molecule has 0 bridgehead atoms. The first-order chi connectivity index (χ1) is 12.6. The van der Waals surface area contributed by atoms with Crippen molar-refractivity contribution >= 4 is 16.2 Å². The number of hydrazone groups is 1. The topological polar surface area (TPSA) is 86.2 Å². The number of hydrogen-bond donors (Lipinski definition) is 1. The van der Waals surface area contributed by atoms with Gasteiger partial charge in [-0.3, -0.25) is 0 Å². The molecule has 0 saturated carbocycles. The Kier molecular flexibility index (Phi) is 6.32. The number of sulfonamides is 1. The van der Waals surface area contributed by atoms with E-state index in [1.807, 2.05) is 20.8 Å². The van der Waals surface area contributed by atoms with E-state index >= 15 is 0 Å². The van der Waals surface area contributed by atoms with E-state index in [4.69, 9.17) is 14.2 Å². The number of benzene rings is 2. The molecular formula is C19H24N2O5S. The molecule has 0 radical (unpaired) electrons. The smallest absolute Gasteiger partial charge is 0.280 e. The Morgan fingerprint density at radius 1 is 0.963 bits per heavy atom. The summed E-state index contributed by atoms with van der Waals surface area (Å²) in [5, 5.41) is 3.82. The van der Waals surface area contributed by atoms with E-state index in [-0.39, 0.29) is 16.2 Å². The lowest BCUT2D eigenvalue weighted by Crippen LogP contribution is -2.22. The van der Waals surface area contributed by atoms with E-state index in [0.29, 0.717) is 5.75 Å². The lowest BCUT2D eigenvalue weighted by molar-refractivity contribution is 0.131. The third-order valence-electron chi connectivity index (χ3n) is 3.35. The summed E-state index contributed by atoms with van der Waals surface area (Å²) < 4.78 is 40.9. The Morgan fingerprint density at radius 3 is 2.15 bits per heavy atom. The number of ether oxygens (including phenoxy) is 3. The van der Waals surface area contributed by atoms with Gasteiger partial charge in [-0.1, -0.05) is 0 Å². The number of methoxy groups -OCH3 is 2. The molecule has 7 nitrogen and oxygen atoms in total. The molecule has 2 aromatic carbocycles. The molecule has 27 heavy (non-hydrogen) atoms. The minimum Gasteiger partial charge on any atom is -0.497 e. The minimum atomic E-state index is -3.92. The van der Waals surface area contributed by atoms with Gasteiger partial charge in [0.1, 0.15) is 27.7 Å². The molecule has 0 unspecified atom stereocenters. The van der Waals surface area contributed by atoms with Crippen LogP contribution in [0.4, 0.5) is 0 Å². The highest BCUT2D eigenvalue weighted by molar-refractivity contribution is 7.89. The fourth-order valence-electron chi connectivity index (χ4n) is 2.19. The Bertz CT molecular complexity index is 901. The molecule has 0 aliphatic rings. The van der Waals surface area contributed by atoms with Crippen LogP contribution in [0.15, 0.2) is 52.5 Å². The first kappa shape index (κ1) is 20.6. The van der Waals surface area contributed by atoms with Crippen LogP contribution in [0, 0.1) is 0 Å². The molecule has 0 aliphatic heterocycles. The molecule has 0 aliphatic carbocycles. The van der Waals surface area contributed by atoms with Crippen molar-refractivity contribution in [2.75, 3.05) is 14.2 Å². The van der Waals surface area contributed by atoms with Crippen LogP contribution >= 0.6 is 0 Å². The molecule has 2 aromatic rings. The molecule has 0 atom stereocenters. The van der Waals surface area contributed by atoms with Crippen molar-refractivity contribution in [1.29, 1.82) is 0 Å². The Hall–Kier alpha value is -2.74. The van der Waals surface area contributed by atoms with Crippen molar-refractivity contribution in [2.24, 2.45) is 5.10 Å². The van der Waals surface area contributed by atoms with Crippen molar-refractivity contribution in [2.45, 2.75) is 31.3 Å². The zero-order valence-corrected chi connectivity index (χ0v) is 16.8. The van der Waals surface area contributed by atoms with E-state index in [0.717, 1.165) is 11.3 Å². The predicted molar refractivity (Wildman–Crippen MR) is 104 cm³/mol. The summed E-state index contributed by atoms with van der Waals surface area (Å²) in [7, 11) is -1.07. The van der Waals surface area contributed by atoms with Crippen LogP contribution in [0.25, 0.3) is 0 Å². The largest absolute Gasteiger partial charge is 0.497 e. The van der Waals surface area contributed by atoms with Gasteiger partial charge in [-0.05, 0) is 62.7 Å². The zero-order valence-electron chi connectivity index (χ0n) is 16.0. The second-order valence-electron chi connectivity index (χ2n) is 6.65. The highest BCUT2D eigenvalue weighted by Gasteiger charge is 2.20. The third-order valence-corrected chi connectivity index (χ3v) is 4.59. The maximum Gasteiger partial charge on any atom is 0.280 e. The summed E-state index contributed by atoms with van der Waals surface area (Å²) in [4.78, 5) is 2.12. The molecular weight excluding hydrogens is 368 g/mol. The SMILES string of the molecule is COc1ccc(OC)c(S(=O)(=O)N/N=C/c2ccc(OC(C)(C)C)cc2)c1. The maximum absolute atomic E-state index is 12.5. The average Bonchev–Trinajstić information content (AvgIpc) is 2.61. The molecule has 0 aromatic heterocycles. The molecule has 2 rings (SSSR count). The normalized spacial score (nSPS) is 12.0. The molecule has 0 amide bonds. The van der Waals surface area contributed by atoms with Crippen LogP contribution in [-0.4, -0.2) is 34.5 Å². The van der Waals surface area contributed by atoms with Gasteiger partial charge < -0.3 is 14.2 Å². The van der Waals surface area contributed by atoms with Crippen LogP contribution < -0.4 is 19.0 Å². The summed E-state index contributed by atoms with van der Waals surface area (Å²) in [6.07, 6.45) is 1.41. The van der Waals surface area contributed by atoms with Crippen molar-refractivity contribution in [3.63, 3.8) is 0 Å². The van der Waals surface area contributed by atoms with Crippen LogP contribution in [0.1, 0.15) is 26.3 Å². The molecule has 0 saturated heterocycles. The van der Waals surface area contributed by atoms with Crippen molar-refractivity contribution in [1.82, 2.24) is 4.83 Å². The van der Waals surface area contributed by atoms with Crippen LogP contribution in [0.5, 0.6) is 17.2 Å². The van der Waals surface area contributed by atoms with Gasteiger partial charge in [-0.15, -0.1) is 0 Å². The standard InChI is InChI=1S/C19H24N2O5S/c1-19(2,3)26-15-8-6-14(7-9-15)13-20-21-27(22,23)18-12-16(24-4)10-11-17(18)25-5/h6-13,21H,1-5H3/b20-13+. The summed E-state index contributed by atoms with van der Waals surface area (Å²) in [6, 6.07) is 11.7. The van der Waals surface area contributed by atoms with Gasteiger partial charge in [-0.2, -0.15) is 18.4 Å². The summed E-state index contributed by atoms with van der Waals surface area (Å²) in [5.41, 5.74) is 0.428. The van der Waals surface area contributed by atoms with Gasteiger partial charge in [0.15, 0.2) is 0 Å². The first-order valence-electron chi connectivity index (χ1n) is 8.20. The van der Waals surface area contributed by atoms with Gasteiger partial charge in [0, 0.05) is 6.07 Å². The fraction of sp³-hybridized carbons (Fsp3) is 0.316. The van der Waals surface area contributed by atoms with Crippen LogP contribution in [0.3, 0.4) is 0 Å². The van der Waals surface area contributed by atoms with Gasteiger partial charge in [0.05, 0.1) is 20.4 Å². The van der Waals surface area contributed by atoms with E-state index in [1.165, 1.54) is 32.6 Å². The average molecular weight is 392 g/mol. The van der Waals surface area contributed by atoms with Crippen molar-refractivity contribution < 1.29 is 22.6 Å². The van der Waals surface area contributed by atoms with Gasteiger partial charge in [0.2, 0.25) is 0 Å². The quantitative estimate of drug-likeness (QED) is 0.578. The lowest BCUT2D eigenvalue weighted by atomic mass is 10.2. The second-order valence-corrected chi connectivity index (χ2v) is 8.28. The van der Waals surface area contributed by atoms with Gasteiger partial charge >= 0.3 is 0 Å². The summed E-state index contributed by atoms with van der Waals surface area (Å²) in [5.74, 6) is 1.32. The van der Waals surface area contributed by atoms with Gasteiger partial charge in [-0.25, -0.2) is 0 Å². The monoisotopic (exact) mass is 392 g/mol. The van der Waals surface area contributed by atoms with Crippen LogP contribution in [0.2, 0.25) is 0 Å². The predicted octanol–water partition coefficient (Wildman–Crippen LogP) is 3.19. The zero-order chi connectivity index (χ0) is 20.1. The minimum absolute atomic E-state index is 0.0598. The molecule has 0 spiro atoms. The highest BCUT2D eigenvalue weighted by Crippen LogP contribution is 2.28. The second kappa shape index (κ2) is 8.30. The molecule has 1 N–H and O–H groups in total. The fourth-order valence-corrected chi connectivity index (χ4v) is 3.17. The number of rotatable bonds is 7. The summed E-state index contributed by atoms with van der Waals surface area (Å²) in [6.45, 7) is 5.89. The van der Waals surface area contributed by atoms with Crippen molar-refractivity contribution in [3.8, 4) is 17.2 Å². The molecule has 0 fully saturated rings. The maximum atomic E-state index is 12.5. The Labute approximate surface area is 160 Å². The van der Waals surface area contributed by atoms with E-state index in [9.17, 15) is 8.42 Å². The third kappa shape index (κ3) is 5.89. The van der Waals surface area contributed by atoms with Crippen LogP contribution in [-0.2, 0) is 10.0 Å². The first-order valence-corrected chi connectivity index (χ1v) is 9.69. The van der Waals surface area contributed by atoms with E-state index in [2.05, 4.69) is 9.93 Å². The highest BCUT2D eigenvalue weighted by atomic mass is 32.2.